The predicted octanol–water partition coefficient (Wildman–Crippen LogP) is 3.15. The van der Waals surface area contributed by atoms with E-state index >= 15 is 0 Å². The number of hydrogen-bond donors (Lipinski definition) is 1. The maximum Gasteiger partial charge on any atom is 0.313 e. The highest BCUT2D eigenvalue weighted by molar-refractivity contribution is 7.58. The number of amides is 1. The fraction of sp³-hybridized carbons (Fsp3) is 0.579. The second-order valence-electron chi connectivity index (χ2n) is 7.76. The van der Waals surface area contributed by atoms with Gasteiger partial charge in [0.05, 0.1) is 5.41 Å². The minimum atomic E-state index is -3.58. The Labute approximate surface area is 160 Å². The molecule has 1 fully saturated rings. The first-order valence-electron chi connectivity index (χ1n) is 9.09. The molecule has 2 unspecified atom stereocenters. The fourth-order valence-electron chi connectivity index (χ4n) is 2.74. The minimum absolute atomic E-state index is 0.215. The summed E-state index contributed by atoms with van der Waals surface area (Å²) in [6.45, 7) is 5.64. The average Bonchev–Trinajstić information content (AvgIpc) is 2.62. The van der Waals surface area contributed by atoms with E-state index in [2.05, 4.69) is 5.09 Å². The lowest BCUT2D eigenvalue weighted by molar-refractivity contribution is -0.159. The molecule has 0 radical (unpaired) electrons. The normalized spacial score (nSPS) is 20.2. The zero-order valence-electron chi connectivity index (χ0n) is 16.4. The summed E-state index contributed by atoms with van der Waals surface area (Å²) in [7, 11) is -1.89. The molecular formula is C19H29N2O5P. The van der Waals surface area contributed by atoms with Crippen molar-refractivity contribution in [2.75, 3.05) is 20.4 Å². The standard InChI is InChI=1S/C19H29N2O5P/c1-19(2,3)18(23)25-14-26-27(24,16-11-8-12-21(4)17(16)22)20-13-15-9-6-5-7-10-15/h5-7,9-10,16H,8,11-14H2,1-4H3,(H,20,24). The van der Waals surface area contributed by atoms with Crippen LogP contribution < -0.4 is 5.09 Å². The summed E-state index contributed by atoms with van der Waals surface area (Å²) in [4.78, 5) is 26.1. The lowest BCUT2D eigenvalue weighted by Crippen LogP contribution is -2.43. The van der Waals surface area contributed by atoms with Crippen LogP contribution in [0.1, 0.15) is 39.2 Å². The Balaban J connectivity index is 2.10. The van der Waals surface area contributed by atoms with Crippen LogP contribution in [-0.2, 0) is 30.0 Å². The third-order valence-electron chi connectivity index (χ3n) is 4.44. The number of benzene rings is 1. The van der Waals surface area contributed by atoms with Crippen molar-refractivity contribution in [3.05, 3.63) is 35.9 Å². The molecule has 0 aliphatic carbocycles. The number of ether oxygens (including phenoxy) is 1. The Bertz CT molecular complexity index is 702. The molecule has 0 bridgehead atoms. The molecule has 2 rings (SSSR count). The quantitative estimate of drug-likeness (QED) is 0.433. The molecule has 0 saturated carbocycles. The topological polar surface area (TPSA) is 84.9 Å². The van der Waals surface area contributed by atoms with Gasteiger partial charge in [-0.2, -0.15) is 0 Å². The maximum atomic E-state index is 13.6. The first-order chi connectivity index (χ1) is 12.6. The largest absolute Gasteiger partial charge is 0.438 e. The number of esters is 1. The summed E-state index contributed by atoms with van der Waals surface area (Å²) in [5, 5.41) is 2.94. The van der Waals surface area contributed by atoms with E-state index in [1.54, 1.807) is 32.7 Å². The molecule has 27 heavy (non-hydrogen) atoms. The van der Waals surface area contributed by atoms with Gasteiger partial charge in [0, 0.05) is 20.1 Å². The van der Waals surface area contributed by atoms with Gasteiger partial charge in [-0.05, 0) is 39.2 Å². The van der Waals surface area contributed by atoms with Gasteiger partial charge in [-0.3, -0.25) is 18.7 Å². The number of nitrogens with one attached hydrogen (secondary N) is 1. The first-order valence-corrected chi connectivity index (χ1v) is 10.8. The second-order valence-corrected chi connectivity index (χ2v) is 10.2. The van der Waals surface area contributed by atoms with Crippen LogP contribution in [0.5, 0.6) is 0 Å². The molecule has 7 nitrogen and oxygen atoms in total. The average molecular weight is 396 g/mol. The van der Waals surface area contributed by atoms with E-state index in [0.29, 0.717) is 19.5 Å². The molecule has 1 heterocycles. The van der Waals surface area contributed by atoms with Gasteiger partial charge in [-0.15, -0.1) is 0 Å². The second kappa shape index (κ2) is 9.00. The van der Waals surface area contributed by atoms with Crippen LogP contribution in [-0.4, -0.2) is 42.8 Å². The van der Waals surface area contributed by atoms with Gasteiger partial charge >= 0.3 is 5.97 Å². The van der Waals surface area contributed by atoms with Crippen LogP contribution in [0.25, 0.3) is 0 Å². The highest BCUT2D eigenvalue weighted by Crippen LogP contribution is 2.51. The molecule has 1 aromatic carbocycles. The number of rotatable bonds is 7. The van der Waals surface area contributed by atoms with Gasteiger partial charge in [0.15, 0.2) is 6.79 Å². The molecular weight excluding hydrogens is 367 g/mol. The van der Waals surface area contributed by atoms with Crippen LogP contribution >= 0.6 is 7.52 Å². The number of carbonyl (C=O) groups is 2. The number of hydrogen-bond acceptors (Lipinski definition) is 5. The molecule has 0 aromatic heterocycles. The predicted molar refractivity (Wildman–Crippen MR) is 103 cm³/mol. The van der Waals surface area contributed by atoms with E-state index in [9.17, 15) is 14.2 Å². The highest BCUT2D eigenvalue weighted by atomic mass is 31.2. The van der Waals surface area contributed by atoms with Crippen molar-refractivity contribution in [1.29, 1.82) is 0 Å². The molecule has 8 heteroatoms. The van der Waals surface area contributed by atoms with Crippen molar-refractivity contribution < 1.29 is 23.4 Å². The van der Waals surface area contributed by atoms with Crippen LogP contribution in [0.15, 0.2) is 30.3 Å². The first kappa shape index (κ1) is 21.6. The summed E-state index contributed by atoms with van der Waals surface area (Å²) < 4.78 is 24.2. The van der Waals surface area contributed by atoms with Crippen LogP contribution in [0.2, 0.25) is 0 Å². The van der Waals surface area contributed by atoms with E-state index < -0.39 is 31.4 Å². The van der Waals surface area contributed by atoms with Crippen LogP contribution in [0, 0.1) is 5.41 Å². The van der Waals surface area contributed by atoms with Crippen molar-refractivity contribution >= 4 is 19.4 Å². The van der Waals surface area contributed by atoms with Gasteiger partial charge < -0.3 is 9.64 Å². The van der Waals surface area contributed by atoms with Crippen LogP contribution in [0.4, 0.5) is 0 Å². The molecule has 1 saturated heterocycles. The summed E-state index contributed by atoms with van der Waals surface area (Å²) in [5.74, 6) is -0.670. The molecule has 1 amide bonds. The third kappa shape index (κ3) is 5.89. The van der Waals surface area contributed by atoms with Crippen molar-refractivity contribution in [2.24, 2.45) is 5.41 Å². The highest BCUT2D eigenvalue weighted by Gasteiger charge is 2.43. The smallest absolute Gasteiger partial charge is 0.313 e. The Morgan fingerprint density at radius 2 is 1.96 bits per heavy atom. The van der Waals surface area contributed by atoms with Gasteiger partial charge in [0.1, 0.15) is 5.66 Å². The monoisotopic (exact) mass is 396 g/mol. The summed E-state index contributed by atoms with van der Waals surface area (Å²) >= 11 is 0. The lowest BCUT2D eigenvalue weighted by Gasteiger charge is -2.34. The molecule has 1 aliphatic rings. The molecule has 1 aliphatic heterocycles. The van der Waals surface area contributed by atoms with E-state index in [4.69, 9.17) is 9.26 Å². The summed E-state index contributed by atoms with van der Waals surface area (Å²) in [5.41, 5.74) is -0.552. The van der Waals surface area contributed by atoms with Crippen molar-refractivity contribution in [1.82, 2.24) is 9.99 Å². The zero-order chi connectivity index (χ0) is 20.1. The van der Waals surface area contributed by atoms with Gasteiger partial charge in [-0.25, -0.2) is 5.09 Å². The fourth-order valence-corrected chi connectivity index (χ4v) is 4.86. The SMILES string of the molecule is CN1CCCC(P(=O)(NCc2ccccc2)OCOC(=O)C(C)(C)C)C1=O. The van der Waals surface area contributed by atoms with Gasteiger partial charge in [0.25, 0.3) is 7.52 Å². The lowest BCUT2D eigenvalue weighted by atomic mass is 9.98. The van der Waals surface area contributed by atoms with Crippen LogP contribution in [0.3, 0.4) is 0 Å². The van der Waals surface area contributed by atoms with E-state index in [0.717, 1.165) is 12.0 Å². The van der Waals surface area contributed by atoms with E-state index in [1.807, 2.05) is 30.3 Å². The molecule has 2 atom stereocenters. The molecule has 1 aromatic rings. The van der Waals surface area contributed by atoms with E-state index in [1.165, 1.54) is 0 Å². The third-order valence-corrected chi connectivity index (χ3v) is 6.82. The van der Waals surface area contributed by atoms with E-state index in [-0.39, 0.29) is 5.91 Å². The Hall–Kier alpha value is -1.69. The summed E-state index contributed by atoms with van der Waals surface area (Å²) in [6.07, 6.45) is 1.21. The molecule has 150 valence electrons. The summed E-state index contributed by atoms with van der Waals surface area (Å²) in [6, 6.07) is 9.45. The van der Waals surface area contributed by atoms with Crippen molar-refractivity contribution in [3.8, 4) is 0 Å². The maximum absolute atomic E-state index is 13.6. The number of piperidine rings is 1. The number of nitrogens with zero attached hydrogens (tertiary/aromatic N) is 1. The molecule has 1 N–H and O–H groups in total. The Morgan fingerprint density at radius 3 is 2.59 bits per heavy atom. The Morgan fingerprint density at radius 1 is 1.30 bits per heavy atom. The minimum Gasteiger partial charge on any atom is -0.438 e. The Kier molecular flexibility index (Phi) is 7.20. The number of likely N-dealkylation sites (tertiary alicyclic amines) is 1. The zero-order valence-corrected chi connectivity index (χ0v) is 17.3. The number of carbonyl (C=O) groups excluding carboxylic acids is 2. The van der Waals surface area contributed by atoms with Gasteiger partial charge in [0.2, 0.25) is 5.91 Å². The molecule has 0 spiro atoms. The van der Waals surface area contributed by atoms with Crippen molar-refractivity contribution in [2.45, 2.75) is 45.8 Å². The van der Waals surface area contributed by atoms with Gasteiger partial charge in [-0.1, -0.05) is 30.3 Å². The van der Waals surface area contributed by atoms with Crippen molar-refractivity contribution in [3.63, 3.8) is 0 Å².